The molecule has 1 saturated heterocycles. The Morgan fingerprint density at radius 1 is 1.16 bits per heavy atom. The Hall–Kier alpha value is -1.51. The van der Waals surface area contributed by atoms with Gasteiger partial charge in [0, 0.05) is 36.1 Å². The predicted octanol–water partition coefficient (Wildman–Crippen LogP) is 5.13. The minimum atomic E-state index is -0.925. The van der Waals surface area contributed by atoms with Crippen LogP contribution in [0.25, 0.3) is 10.4 Å². The van der Waals surface area contributed by atoms with E-state index in [0.29, 0.717) is 30.7 Å². The van der Waals surface area contributed by atoms with Gasteiger partial charge in [-0.3, -0.25) is 0 Å². The van der Waals surface area contributed by atoms with Crippen LogP contribution in [-0.2, 0) is 9.47 Å². The molecule has 5 rings (SSSR count). The molecule has 1 aliphatic heterocycles. The summed E-state index contributed by atoms with van der Waals surface area (Å²) in [5.74, 6) is 7.77. The lowest BCUT2D eigenvalue weighted by Gasteiger charge is -2.59. The van der Waals surface area contributed by atoms with Crippen LogP contribution < -0.4 is 0 Å². The van der Waals surface area contributed by atoms with Gasteiger partial charge in [-0.25, -0.2) is 0 Å². The number of azide groups is 1. The summed E-state index contributed by atoms with van der Waals surface area (Å²) < 4.78 is 12.1. The van der Waals surface area contributed by atoms with E-state index in [1.807, 2.05) is 0 Å². The highest BCUT2D eigenvalue weighted by molar-refractivity contribution is 5.30. The summed E-state index contributed by atoms with van der Waals surface area (Å²) in [6.07, 6.45) is 11.2. The van der Waals surface area contributed by atoms with Crippen LogP contribution in [0.2, 0.25) is 0 Å². The minimum absolute atomic E-state index is 0.158. The van der Waals surface area contributed by atoms with Crippen LogP contribution in [0, 0.1) is 40.4 Å². The van der Waals surface area contributed by atoms with E-state index < -0.39 is 5.60 Å². The Morgan fingerprint density at radius 3 is 2.71 bits per heavy atom. The van der Waals surface area contributed by atoms with Crippen LogP contribution >= 0.6 is 0 Å². The average Bonchev–Trinajstić information content (AvgIpc) is 3.31. The van der Waals surface area contributed by atoms with Gasteiger partial charge in [-0.05, 0) is 67.2 Å². The molecule has 0 aromatic rings. The van der Waals surface area contributed by atoms with Gasteiger partial charge in [-0.15, -0.1) is 5.92 Å². The SMILES string of the molecule is C[C@]12CCC3(CC1=CC[C@@H]1[C@@H]2CC[C@@]2(C)[C@H]1CC[C@@]2(O)C#CCCN=[N+]=[N-])OCCO3. The smallest absolute Gasteiger partial charge is 0.172 e. The fraction of sp³-hybridized carbons (Fsp3) is 0.840. The summed E-state index contributed by atoms with van der Waals surface area (Å²) in [6, 6.07) is 0. The molecule has 0 unspecified atom stereocenters. The molecule has 5 aliphatic rings. The second-order valence-corrected chi connectivity index (χ2v) is 10.9. The van der Waals surface area contributed by atoms with E-state index in [-0.39, 0.29) is 16.6 Å². The highest BCUT2D eigenvalue weighted by Crippen LogP contribution is 2.67. The molecule has 0 aromatic carbocycles. The largest absolute Gasteiger partial charge is 0.377 e. The zero-order valence-electron chi connectivity index (χ0n) is 18.9. The highest BCUT2D eigenvalue weighted by Gasteiger charge is 2.64. The average molecular weight is 426 g/mol. The molecule has 31 heavy (non-hydrogen) atoms. The van der Waals surface area contributed by atoms with Gasteiger partial charge in [0.05, 0.1) is 13.2 Å². The van der Waals surface area contributed by atoms with Gasteiger partial charge in [-0.2, -0.15) is 0 Å². The van der Waals surface area contributed by atoms with Crippen LogP contribution in [0.3, 0.4) is 0 Å². The zero-order chi connectivity index (χ0) is 21.7. The molecule has 168 valence electrons. The summed E-state index contributed by atoms with van der Waals surface area (Å²) in [6.45, 7) is 6.57. The lowest BCUT2D eigenvalue weighted by molar-refractivity contribution is -0.186. The first-order chi connectivity index (χ1) is 14.9. The number of ether oxygens (including phenoxy) is 2. The van der Waals surface area contributed by atoms with Crippen LogP contribution in [0.4, 0.5) is 0 Å². The minimum Gasteiger partial charge on any atom is -0.377 e. The first-order valence-electron chi connectivity index (χ1n) is 12.1. The third-order valence-corrected chi connectivity index (χ3v) is 9.77. The fourth-order valence-electron chi connectivity index (χ4n) is 7.93. The van der Waals surface area contributed by atoms with E-state index in [0.717, 1.165) is 64.6 Å². The van der Waals surface area contributed by atoms with Gasteiger partial charge in [0.15, 0.2) is 5.79 Å². The van der Waals surface area contributed by atoms with Crippen molar-refractivity contribution in [3.05, 3.63) is 22.1 Å². The normalized spacial score (nSPS) is 44.9. The Kier molecular flexibility index (Phi) is 5.18. The van der Waals surface area contributed by atoms with Crippen molar-refractivity contribution < 1.29 is 14.6 Å². The predicted molar refractivity (Wildman–Crippen MR) is 118 cm³/mol. The molecule has 3 saturated carbocycles. The zero-order valence-corrected chi connectivity index (χ0v) is 18.9. The highest BCUT2D eigenvalue weighted by atomic mass is 16.7. The molecule has 0 aromatic heterocycles. The summed E-state index contributed by atoms with van der Waals surface area (Å²) in [7, 11) is 0. The van der Waals surface area contributed by atoms with E-state index in [2.05, 4.69) is 41.8 Å². The maximum Gasteiger partial charge on any atom is 0.172 e. The number of rotatable bonds is 2. The van der Waals surface area contributed by atoms with Crippen molar-refractivity contribution in [3.63, 3.8) is 0 Å². The molecule has 6 nitrogen and oxygen atoms in total. The van der Waals surface area contributed by atoms with E-state index in [1.165, 1.54) is 0 Å². The van der Waals surface area contributed by atoms with Crippen molar-refractivity contribution in [2.24, 2.45) is 33.7 Å². The third-order valence-electron chi connectivity index (χ3n) is 9.77. The molecule has 1 N–H and O–H groups in total. The molecule has 1 spiro atoms. The topological polar surface area (TPSA) is 87.5 Å². The van der Waals surface area contributed by atoms with E-state index in [9.17, 15) is 5.11 Å². The van der Waals surface area contributed by atoms with Crippen molar-refractivity contribution >= 4 is 0 Å². The number of hydrogen-bond acceptors (Lipinski definition) is 4. The summed E-state index contributed by atoms with van der Waals surface area (Å²) in [5.41, 5.74) is 9.14. The molecular weight excluding hydrogens is 390 g/mol. The number of nitrogens with zero attached hydrogens (tertiary/aromatic N) is 3. The van der Waals surface area contributed by atoms with Crippen LogP contribution in [-0.4, -0.2) is 36.3 Å². The molecule has 1 heterocycles. The Morgan fingerprint density at radius 2 is 1.94 bits per heavy atom. The van der Waals surface area contributed by atoms with Gasteiger partial charge in [0.25, 0.3) is 0 Å². The van der Waals surface area contributed by atoms with Gasteiger partial charge in [0.1, 0.15) is 5.60 Å². The van der Waals surface area contributed by atoms with Crippen molar-refractivity contribution in [3.8, 4) is 11.8 Å². The molecule has 6 heteroatoms. The number of aliphatic hydroxyl groups is 1. The summed E-state index contributed by atoms with van der Waals surface area (Å²) in [4.78, 5) is 2.78. The number of allylic oxidation sites excluding steroid dienone is 1. The standard InChI is InChI=1S/C25H35N3O3/c1-22-12-13-25(30-15-16-31-25)17-18(22)5-6-19-20(22)7-10-23(2)21(19)8-11-24(23,29)9-3-4-14-27-28-26/h5,19-21,29H,4,6-8,10-17H2,1-2H3/t19-,20+,21+,22+,23+,24+/m1/s1. The maximum absolute atomic E-state index is 11.6. The second kappa shape index (κ2) is 7.52. The Bertz CT molecular complexity index is 878. The lowest BCUT2D eigenvalue weighted by Crippen LogP contribution is -2.55. The fourth-order valence-corrected chi connectivity index (χ4v) is 7.93. The third kappa shape index (κ3) is 3.16. The summed E-state index contributed by atoms with van der Waals surface area (Å²) >= 11 is 0. The van der Waals surface area contributed by atoms with Crippen molar-refractivity contribution in [1.29, 1.82) is 0 Å². The van der Waals surface area contributed by atoms with E-state index in [1.54, 1.807) is 5.57 Å². The van der Waals surface area contributed by atoms with Crippen molar-refractivity contribution in [1.82, 2.24) is 0 Å². The number of hydrogen-bond donors (Lipinski definition) is 1. The molecular formula is C25H35N3O3. The van der Waals surface area contributed by atoms with Gasteiger partial charge < -0.3 is 14.6 Å². The first kappa shape index (κ1) is 21.3. The van der Waals surface area contributed by atoms with Gasteiger partial charge in [0.2, 0.25) is 0 Å². The van der Waals surface area contributed by atoms with Crippen LogP contribution in [0.15, 0.2) is 16.8 Å². The molecule has 4 fully saturated rings. The molecule has 4 aliphatic carbocycles. The first-order valence-corrected chi connectivity index (χ1v) is 12.1. The molecule has 0 amide bonds. The van der Waals surface area contributed by atoms with Gasteiger partial charge >= 0.3 is 0 Å². The number of fused-ring (bicyclic) bond motifs is 5. The van der Waals surface area contributed by atoms with E-state index in [4.69, 9.17) is 15.0 Å². The monoisotopic (exact) mass is 425 g/mol. The van der Waals surface area contributed by atoms with Crippen molar-refractivity contribution in [2.45, 2.75) is 83.0 Å². The quantitative estimate of drug-likeness (QED) is 0.166. The maximum atomic E-state index is 11.6. The molecule has 0 radical (unpaired) electrons. The van der Waals surface area contributed by atoms with Crippen LogP contribution in [0.5, 0.6) is 0 Å². The Labute approximate surface area is 185 Å². The second-order valence-electron chi connectivity index (χ2n) is 10.9. The summed E-state index contributed by atoms with van der Waals surface area (Å²) in [5, 5.41) is 15.2. The lowest BCUT2D eigenvalue weighted by atomic mass is 9.47. The van der Waals surface area contributed by atoms with Gasteiger partial charge in [-0.1, -0.05) is 36.5 Å². The van der Waals surface area contributed by atoms with Crippen LogP contribution in [0.1, 0.15) is 71.6 Å². The molecule has 0 bridgehead atoms. The van der Waals surface area contributed by atoms with E-state index >= 15 is 0 Å². The Balaban J connectivity index is 1.37. The molecule has 6 atom stereocenters. The van der Waals surface area contributed by atoms with Crippen molar-refractivity contribution in [2.75, 3.05) is 19.8 Å².